The maximum absolute atomic E-state index is 12.9. The maximum atomic E-state index is 12.9. The third kappa shape index (κ3) is 5.48. The number of carbonyl (C=O) groups excluding carboxylic acids is 2. The van der Waals surface area contributed by atoms with Crippen LogP contribution in [0, 0.1) is 6.92 Å². The van der Waals surface area contributed by atoms with Crippen molar-refractivity contribution in [2.45, 2.75) is 19.5 Å². The molecule has 0 bridgehead atoms. The Kier molecular flexibility index (Phi) is 6.44. The SMILES string of the molecule is Cc1cc(Nc2nccc(C(F)(F)F)n2)cc(-c2ccc(C(=O)N3CCNC(=O)CC3)nc2)c1. The van der Waals surface area contributed by atoms with Gasteiger partial charge in [-0.1, -0.05) is 12.1 Å². The number of hydrogen-bond acceptors (Lipinski definition) is 6. The van der Waals surface area contributed by atoms with Crippen molar-refractivity contribution >= 4 is 23.5 Å². The molecule has 0 aliphatic carbocycles. The molecule has 0 unspecified atom stereocenters. The first-order valence-corrected chi connectivity index (χ1v) is 10.5. The third-order valence-corrected chi connectivity index (χ3v) is 5.20. The number of nitrogens with zero attached hydrogens (tertiary/aromatic N) is 4. The number of benzene rings is 1. The molecule has 1 saturated heterocycles. The summed E-state index contributed by atoms with van der Waals surface area (Å²) >= 11 is 0. The van der Waals surface area contributed by atoms with Crippen LogP contribution in [0.25, 0.3) is 11.1 Å². The number of alkyl halides is 3. The Bertz CT molecular complexity index is 1210. The van der Waals surface area contributed by atoms with Crippen molar-refractivity contribution < 1.29 is 22.8 Å². The van der Waals surface area contributed by atoms with E-state index < -0.39 is 11.9 Å². The maximum Gasteiger partial charge on any atom is 0.433 e. The number of hydrogen-bond donors (Lipinski definition) is 2. The van der Waals surface area contributed by atoms with Gasteiger partial charge in [0.2, 0.25) is 11.9 Å². The summed E-state index contributed by atoms with van der Waals surface area (Å²) in [4.78, 5) is 37.5. The van der Waals surface area contributed by atoms with E-state index in [9.17, 15) is 22.8 Å². The predicted molar refractivity (Wildman–Crippen MR) is 118 cm³/mol. The minimum absolute atomic E-state index is 0.0852. The van der Waals surface area contributed by atoms with Gasteiger partial charge in [-0.2, -0.15) is 13.2 Å². The van der Waals surface area contributed by atoms with Gasteiger partial charge >= 0.3 is 6.18 Å². The van der Waals surface area contributed by atoms with E-state index in [-0.39, 0.29) is 29.9 Å². The number of amides is 2. The Morgan fingerprint density at radius 2 is 1.91 bits per heavy atom. The van der Waals surface area contributed by atoms with E-state index in [4.69, 9.17) is 0 Å². The molecular weight excluding hydrogens is 449 g/mol. The Hall–Kier alpha value is -4.02. The number of carbonyl (C=O) groups is 2. The van der Waals surface area contributed by atoms with Crippen molar-refractivity contribution in [1.82, 2.24) is 25.2 Å². The second kappa shape index (κ2) is 9.46. The highest BCUT2D eigenvalue weighted by atomic mass is 19.4. The van der Waals surface area contributed by atoms with Crippen LogP contribution in [0.1, 0.15) is 28.2 Å². The molecule has 34 heavy (non-hydrogen) atoms. The highest BCUT2D eigenvalue weighted by Gasteiger charge is 2.32. The second-order valence-corrected chi connectivity index (χ2v) is 7.80. The van der Waals surface area contributed by atoms with Crippen LogP contribution in [0.5, 0.6) is 0 Å². The molecular formula is C23H21F3N6O2. The average molecular weight is 470 g/mol. The van der Waals surface area contributed by atoms with Crippen molar-refractivity contribution in [3.63, 3.8) is 0 Å². The van der Waals surface area contributed by atoms with Gasteiger partial charge in [0.25, 0.3) is 5.91 Å². The molecule has 2 amide bonds. The number of aromatic nitrogens is 3. The summed E-state index contributed by atoms with van der Waals surface area (Å²) in [7, 11) is 0. The molecule has 0 radical (unpaired) electrons. The summed E-state index contributed by atoms with van der Waals surface area (Å²) < 4.78 is 38.8. The van der Waals surface area contributed by atoms with Crippen molar-refractivity contribution in [1.29, 1.82) is 0 Å². The van der Waals surface area contributed by atoms with Gasteiger partial charge < -0.3 is 15.5 Å². The van der Waals surface area contributed by atoms with Crippen LogP contribution in [0.2, 0.25) is 0 Å². The first-order valence-electron chi connectivity index (χ1n) is 10.5. The molecule has 2 aromatic heterocycles. The van der Waals surface area contributed by atoms with Gasteiger partial charge in [-0.25, -0.2) is 9.97 Å². The van der Waals surface area contributed by atoms with Gasteiger partial charge in [-0.15, -0.1) is 0 Å². The third-order valence-electron chi connectivity index (χ3n) is 5.20. The molecule has 176 valence electrons. The van der Waals surface area contributed by atoms with Crippen LogP contribution >= 0.6 is 0 Å². The van der Waals surface area contributed by atoms with Gasteiger partial charge in [-0.05, 0) is 42.3 Å². The molecule has 1 fully saturated rings. The fourth-order valence-electron chi connectivity index (χ4n) is 3.55. The van der Waals surface area contributed by atoms with Crippen LogP contribution in [-0.4, -0.2) is 51.3 Å². The van der Waals surface area contributed by atoms with Gasteiger partial charge in [0, 0.05) is 49.7 Å². The van der Waals surface area contributed by atoms with Gasteiger partial charge in [0.15, 0.2) is 0 Å². The summed E-state index contributed by atoms with van der Waals surface area (Å²) in [6.07, 6.45) is -1.71. The molecule has 0 saturated carbocycles. The molecule has 0 spiro atoms. The number of aryl methyl sites for hydroxylation is 1. The number of anilines is 2. The monoisotopic (exact) mass is 470 g/mol. The van der Waals surface area contributed by atoms with Crippen molar-refractivity contribution in [3.05, 3.63) is 65.7 Å². The standard InChI is InChI=1S/C23H21F3N6O2/c1-14-10-16(12-17(11-14)30-22-28-6-4-19(31-22)23(24,25)26)15-2-3-18(29-13-15)21(34)32-8-5-20(33)27-7-9-32/h2-4,6,10-13H,5,7-9H2,1H3,(H,27,33)(H,28,30,31). The van der Waals surface area contributed by atoms with Crippen LogP contribution < -0.4 is 10.6 Å². The fraction of sp³-hybridized carbons (Fsp3) is 0.261. The van der Waals surface area contributed by atoms with Crippen molar-refractivity contribution in [2.24, 2.45) is 0 Å². The highest BCUT2D eigenvalue weighted by Crippen LogP contribution is 2.29. The topological polar surface area (TPSA) is 100 Å². The van der Waals surface area contributed by atoms with Gasteiger partial charge in [0.05, 0.1) is 0 Å². The van der Waals surface area contributed by atoms with Crippen LogP contribution in [-0.2, 0) is 11.0 Å². The highest BCUT2D eigenvalue weighted by molar-refractivity contribution is 5.93. The minimum Gasteiger partial charge on any atom is -0.354 e. The van der Waals surface area contributed by atoms with E-state index in [1.807, 2.05) is 13.0 Å². The molecule has 11 heteroatoms. The van der Waals surface area contributed by atoms with E-state index in [1.165, 1.54) is 0 Å². The fourth-order valence-corrected chi connectivity index (χ4v) is 3.55. The lowest BCUT2D eigenvalue weighted by Gasteiger charge is -2.19. The summed E-state index contributed by atoms with van der Waals surface area (Å²) in [6.45, 7) is 3.00. The Labute approximate surface area is 193 Å². The molecule has 2 N–H and O–H groups in total. The number of rotatable bonds is 4. The first-order chi connectivity index (χ1) is 16.2. The second-order valence-electron chi connectivity index (χ2n) is 7.80. The predicted octanol–water partition coefficient (Wildman–Crippen LogP) is 3.57. The zero-order valence-corrected chi connectivity index (χ0v) is 18.2. The van der Waals surface area contributed by atoms with Crippen LogP contribution in [0.15, 0.2) is 48.8 Å². The molecule has 8 nitrogen and oxygen atoms in total. The zero-order chi connectivity index (χ0) is 24.3. The lowest BCUT2D eigenvalue weighted by molar-refractivity contribution is -0.141. The summed E-state index contributed by atoms with van der Waals surface area (Å²) in [6, 6.07) is 9.56. The quantitative estimate of drug-likeness (QED) is 0.605. The largest absolute Gasteiger partial charge is 0.433 e. The van der Waals surface area contributed by atoms with E-state index in [2.05, 4.69) is 25.6 Å². The Balaban J connectivity index is 1.53. The minimum atomic E-state index is -4.57. The Morgan fingerprint density at radius 3 is 2.65 bits per heavy atom. The van der Waals surface area contributed by atoms with Crippen molar-refractivity contribution in [3.8, 4) is 11.1 Å². The van der Waals surface area contributed by atoms with E-state index in [1.54, 1.807) is 35.4 Å². The molecule has 1 aliphatic rings. The van der Waals surface area contributed by atoms with Gasteiger partial charge in [0.1, 0.15) is 11.4 Å². The summed E-state index contributed by atoms with van der Waals surface area (Å²) in [5.74, 6) is -0.509. The zero-order valence-electron chi connectivity index (χ0n) is 18.2. The average Bonchev–Trinajstić information content (AvgIpc) is 3.02. The number of halogens is 3. The van der Waals surface area contributed by atoms with E-state index in [0.29, 0.717) is 25.3 Å². The van der Waals surface area contributed by atoms with E-state index in [0.717, 1.165) is 29.0 Å². The molecule has 0 atom stereocenters. The number of pyridine rings is 1. The van der Waals surface area contributed by atoms with Crippen molar-refractivity contribution in [2.75, 3.05) is 25.0 Å². The molecule has 3 aromatic rings. The normalized spacial score (nSPS) is 14.4. The molecule has 4 rings (SSSR count). The molecule has 3 heterocycles. The first kappa shape index (κ1) is 23.1. The van der Waals surface area contributed by atoms with Gasteiger partial charge in [-0.3, -0.25) is 14.6 Å². The molecule has 1 aromatic carbocycles. The summed E-state index contributed by atoms with van der Waals surface area (Å²) in [5, 5.41) is 5.54. The van der Waals surface area contributed by atoms with Crippen LogP contribution in [0.3, 0.4) is 0 Å². The number of nitrogens with one attached hydrogen (secondary N) is 2. The lowest BCUT2D eigenvalue weighted by atomic mass is 10.0. The molecule has 1 aliphatic heterocycles. The van der Waals surface area contributed by atoms with Crippen LogP contribution in [0.4, 0.5) is 24.8 Å². The smallest absolute Gasteiger partial charge is 0.354 e. The summed E-state index contributed by atoms with van der Waals surface area (Å²) in [5.41, 5.74) is 2.07. The Morgan fingerprint density at radius 1 is 1.09 bits per heavy atom. The van der Waals surface area contributed by atoms with E-state index >= 15 is 0 Å². The lowest BCUT2D eigenvalue weighted by Crippen LogP contribution is -2.34.